The highest BCUT2D eigenvalue weighted by Gasteiger charge is 2.23. The predicted octanol–water partition coefficient (Wildman–Crippen LogP) is 1.49. The monoisotopic (exact) mass is 366 g/mol. The number of likely N-dealkylation sites (tertiary alicyclic amines) is 1. The van der Waals surface area contributed by atoms with Gasteiger partial charge in [0.1, 0.15) is 0 Å². The van der Waals surface area contributed by atoms with Crippen LogP contribution in [0.3, 0.4) is 0 Å². The molecular formula is C17H30N6O3. The van der Waals surface area contributed by atoms with E-state index in [0.717, 1.165) is 38.2 Å². The highest BCUT2D eigenvalue weighted by Crippen LogP contribution is 2.11. The number of guanidine groups is 1. The molecule has 1 amide bonds. The molecule has 0 atom stereocenters. The van der Waals surface area contributed by atoms with Gasteiger partial charge in [0.15, 0.2) is 11.8 Å². The lowest BCUT2D eigenvalue weighted by Crippen LogP contribution is -2.49. The summed E-state index contributed by atoms with van der Waals surface area (Å²) in [4.78, 5) is 22.3. The number of hydrogen-bond donors (Lipinski definition) is 2. The van der Waals surface area contributed by atoms with Gasteiger partial charge in [0.25, 0.3) is 0 Å². The summed E-state index contributed by atoms with van der Waals surface area (Å²) in [5.74, 6) is 2.12. The van der Waals surface area contributed by atoms with Crippen LogP contribution in [0.25, 0.3) is 0 Å². The number of aryl methyl sites for hydroxylation is 2. The van der Waals surface area contributed by atoms with E-state index in [1.807, 2.05) is 20.8 Å². The number of amides is 1. The van der Waals surface area contributed by atoms with Gasteiger partial charge in [0.2, 0.25) is 5.89 Å². The summed E-state index contributed by atoms with van der Waals surface area (Å²) >= 11 is 0. The van der Waals surface area contributed by atoms with Crippen molar-refractivity contribution in [2.45, 2.75) is 52.5 Å². The van der Waals surface area contributed by atoms with Crippen molar-refractivity contribution in [2.24, 2.45) is 4.99 Å². The van der Waals surface area contributed by atoms with Gasteiger partial charge in [-0.15, -0.1) is 0 Å². The van der Waals surface area contributed by atoms with Crippen LogP contribution in [0.1, 0.15) is 44.8 Å². The van der Waals surface area contributed by atoms with Crippen molar-refractivity contribution in [1.29, 1.82) is 0 Å². The van der Waals surface area contributed by atoms with Crippen LogP contribution in [0.4, 0.5) is 4.79 Å². The number of nitrogens with one attached hydrogen (secondary N) is 2. The summed E-state index contributed by atoms with van der Waals surface area (Å²) < 4.78 is 10.2. The van der Waals surface area contributed by atoms with E-state index in [1.54, 1.807) is 4.90 Å². The van der Waals surface area contributed by atoms with Gasteiger partial charge in [0, 0.05) is 38.6 Å². The first-order valence-electron chi connectivity index (χ1n) is 9.38. The van der Waals surface area contributed by atoms with Crippen molar-refractivity contribution < 1.29 is 14.1 Å². The molecular weight excluding hydrogens is 336 g/mol. The normalized spacial score (nSPS) is 15.8. The largest absolute Gasteiger partial charge is 0.450 e. The van der Waals surface area contributed by atoms with Gasteiger partial charge in [-0.2, -0.15) is 4.98 Å². The molecule has 0 spiro atoms. The molecule has 2 heterocycles. The molecule has 1 aliphatic rings. The van der Waals surface area contributed by atoms with Crippen molar-refractivity contribution in [3.63, 3.8) is 0 Å². The Morgan fingerprint density at radius 2 is 2.15 bits per heavy atom. The van der Waals surface area contributed by atoms with Gasteiger partial charge in [-0.05, 0) is 40.0 Å². The zero-order valence-electron chi connectivity index (χ0n) is 16.0. The number of hydrogen-bond acceptors (Lipinski definition) is 6. The summed E-state index contributed by atoms with van der Waals surface area (Å²) in [6, 6.07) is 0.303. The topological polar surface area (TPSA) is 105 Å². The van der Waals surface area contributed by atoms with Crippen LogP contribution in [0.2, 0.25) is 0 Å². The van der Waals surface area contributed by atoms with E-state index in [4.69, 9.17) is 9.26 Å². The fraction of sp³-hybridized carbons (Fsp3) is 0.765. The molecule has 1 fully saturated rings. The minimum atomic E-state index is -0.220. The van der Waals surface area contributed by atoms with Crippen molar-refractivity contribution in [3.05, 3.63) is 11.7 Å². The molecule has 1 aromatic heterocycles. The molecule has 1 saturated heterocycles. The average molecular weight is 366 g/mol. The number of carbonyl (C=O) groups is 1. The third-order valence-corrected chi connectivity index (χ3v) is 4.09. The Morgan fingerprint density at radius 3 is 2.77 bits per heavy atom. The molecule has 2 N–H and O–H groups in total. The molecule has 1 aliphatic heterocycles. The average Bonchev–Trinajstić information content (AvgIpc) is 3.05. The first kappa shape index (κ1) is 20.0. The number of nitrogens with zero attached hydrogens (tertiary/aromatic N) is 4. The Kier molecular flexibility index (Phi) is 8.17. The fourth-order valence-electron chi connectivity index (χ4n) is 2.80. The van der Waals surface area contributed by atoms with E-state index < -0.39 is 0 Å². The quantitative estimate of drug-likeness (QED) is 0.428. The molecule has 0 aromatic carbocycles. The molecule has 1 aromatic rings. The Balaban J connectivity index is 1.74. The van der Waals surface area contributed by atoms with Gasteiger partial charge in [-0.3, -0.25) is 4.99 Å². The summed E-state index contributed by atoms with van der Waals surface area (Å²) in [5, 5.41) is 10.5. The van der Waals surface area contributed by atoms with E-state index >= 15 is 0 Å². The van der Waals surface area contributed by atoms with Crippen molar-refractivity contribution >= 4 is 12.1 Å². The van der Waals surface area contributed by atoms with Crippen LogP contribution >= 0.6 is 0 Å². The maximum atomic E-state index is 11.8. The molecule has 9 heteroatoms. The number of carbonyl (C=O) groups excluding carboxylic acids is 1. The highest BCUT2D eigenvalue weighted by molar-refractivity contribution is 5.80. The Hall–Kier alpha value is -2.32. The first-order valence-corrected chi connectivity index (χ1v) is 9.38. The van der Waals surface area contributed by atoms with Gasteiger partial charge in [-0.1, -0.05) is 5.16 Å². The van der Waals surface area contributed by atoms with E-state index in [2.05, 4.69) is 25.8 Å². The number of ether oxygens (including phenoxy) is 1. The molecule has 0 unspecified atom stereocenters. The minimum absolute atomic E-state index is 0.220. The summed E-state index contributed by atoms with van der Waals surface area (Å²) in [5.41, 5.74) is 0. The third kappa shape index (κ3) is 6.53. The number of aromatic nitrogens is 2. The lowest BCUT2D eigenvalue weighted by Gasteiger charge is -2.32. The van der Waals surface area contributed by atoms with Crippen LogP contribution in [0, 0.1) is 6.92 Å². The second-order valence-electron chi connectivity index (χ2n) is 6.20. The Morgan fingerprint density at radius 1 is 1.38 bits per heavy atom. The van der Waals surface area contributed by atoms with Gasteiger partial charge < -0.3 is 24.8 Å². The standard InChI is InChI=1S/C17H30N6O3/c1-4-18-16(19-10-6-7-15-20-13(3)22-26-15)21-14-8-11-23(12-9-14)17(24)25-5-2/h14H,4-12H2,1-3H3,(H2,18,19,21). The lowest BCUT2D eigenvalue weighted by atomic mass is 10.1. The van der Waals surface area contributed by atoms with Gasteiger partial charge in [-0.25, -0.2) is 4.79 Å². The highest BCUT2D eigenvalue weighted by atomic mass is 16.6. The molecule has 146 valence electrons. The van der Waals surface area contributed by atoms with Crippen LogP contribution in [0.5, 0.6) is 0 Å². The zero-order valence-corrected chi connectivity index (χ0v) is 16.0. The van der Waals surface area contributed by atoms with Crippen LogP contribution < -0.4 is 10.6 Å². The molecule has 2 rings (SSSR count). The van der Waals surface area contributed by atoms with E-state index in [1.165, 1.54) is 0 Å². The summed E-state index contributed by atoms with van der Waals surface area (Å²) in [7, 11) is 0. The van der Waals surface area contributed by atoms with Gasteiger partial charge in [0.05, 0.1) is 6.61 Å². The van der Waals surface area contributed by atoms with Gasteiger partial charge >= 0.3 is 6.09 Å². The minimum Gasteiger partial charge on any atom is -0.450 e. The molecule has 26 heavy (non-hydrogen) atoms. The predicted molar refractivity (Wildman–Crippen MR) is 98.1 cm³/mol. The summed E-state index contributed by atoms with van der Waals surface area (Å²) in [6.45, 7) is 8.98. The van der Waals surface area contributed by atoms with E-state index in [9.17, 15) is 4.79 Å². The fourth-order valence-corrected chi connectivity index (χ4v) is 2.80. The molecule has 0 bridgehead atoms. The van der Waals surface area contributed by atoms with Crippen LogP contribution in [-0.4, -0.2) is 65.9 Å². The first-order chi connectivity index (χ1) is 12.6. The second kappa shape index (κ2) is 10.6. The molecule has 0 saturated carbocycles. The van der Waals surface area contributed by atoms with Crippen LogP contribution in [0.15, 0.2) is 9.52 Å². The lowest BCUT2D eigenvalue weighted by molar-refractivity contribution is 0.0963. The number of piperidine rings is 1. The SMILES string of the molecule is CCNC(=NCCCc1nc(C)no1)NC1CCN(C(=O)OCC)CC1. The smallest absolute Gasteiger partial charge is 0.409 e. The van der Waals surface area contributed by atoms with E-state index in [0.29, 0.717) is 44.0 Å². The maximum absolute atomic E-state index is 11.8. The van der Waals surface area contributed by atoms with E-state index in [-0.39, 0.29) is 6.09 Å². The van der Waals surface area contributed by atoms with Crippen LogP contribution in [-0.2, 0) is 11.2 Å². The Labute approximate surface area is 154 Å². The maximum Gasteiger partial charge on any atom is 0.409 e. The number of aliphatic imine (C=N–C) groups is 1. The van der Waals surface area contributed by atoms with Crippen molar-refractivity contribution in [3.8, 4) is 0 Å². The third-order valence-electron chi connectivity index (χ3n) is 4.09. The summed E-state index contributed by atoms with van der Waals surface area (Å²) in [6.07, 6.45) is 3.11. The second-order valence-corrected chi connectivity index (χ2v) is 6.20. The Bertz CT molecular complexity index is 581. The molecule has 0 aliphatic carbocycles. The van der Waals surface area contributed by atoms with Crippen molar-refractivity contribution in [1.82, 2.24) is 25.7 Å². The molecule has 0 radical (unpaired) electrons. The van der Waals surface area contributed by atoms with Crippen molar-refractivity contribution in [2.75, 3.05) is 32.8 Å². The zero-order chi connectivity index (χ0) is 18.8. The number of rotatable bonds is 7. The molecule has 9 nitrogen and oxygen atoms in total.